The van der Waals surface area contributed by atoms with E-state index < -0.39 is 12.1 Å². The van der Waals surface area contributed by atoms with Gasteiger partial charge in [-0.25, -0.2) is 4.79 Å². The molecule has 1 fully saturated rings. The van der Waals surface area contributed by atoms with Gasteiger partial charge in [-0.2, -0.15) is 0 Å². The van der Waals surface area contributed by atoms with Gasteiger partial charge in [-0.05, 0) is 17.9 Å². The molecule has 1 amide bonds. The summed E-state index contributed by atoms with van der Waals surface area (Å²) in [5.41, 5.74) is 0. The number of hydrogen-bond acceptors (Lipinski definition) is 4. The van der Waals surface area contributed by atoms with Gasteiger partial charge < -0.3 is 14.7 Å². The van der Waals surface area contributed by atoms with E-state index in [1.807, 2.05) is 24.4 Å². The molecule has 2 rings (SSSR count). The summed E-state index contributed by atoms with van der Waals surface area (Å²) in [6.45, 7) is 2.78. The molecule has 0 spiro atoms. The lowest BCUT2D eigenvalue weighted by Gasteiger charge is -2.32. The first kappa shape index (κ1) is 14.0. The van der Waals surface area contributed by atoms with Crippen molar-refractivity contribution in [2.24, 2.45) is 5.92 Å². The number of nitrogens with zero attached hydrogens (tertiary/aromatic N) is 1. The fourth-order valence-corrected chi connectivity index (χ4v) is 2.96. The predicted octanol–water partition coefficient (Wildman–Crippen LogP) is 1.24. The van der Waals surface area contributed by atoms with Gasteiger partial charge in [0.05, 0.1) is 13.2 Å². The van der Waals surface area contributed by atoms with Gasteiger partial charge in [0.25, 0.3) is 0 Å². The molecule has 0 aliphatic carbocycles. The summed E-state index contributed by atoms with van der Waals surface area (Å²) in [7, 11) is 0. The molecule has 2 unspecified atom stereocenters. The van der Waals surface area contributed by atoms with Gasteiger partial charge in [0.15, 0.2) is 6.10 Å². The molecule has 0 radical (unpaired) electrons. The molecule has 0 bridgehead atoms. The van der Waals surface area contributed by atoms with Gasteiger partial charge in [-0.1, -0.05) is 13.0 Å². The van der Waals surface area contributed by atoms with E-state index >= 15 is 0 Å². The molecule has 2 heterocycles. The number of carboxylic acids is 1. The molecule has 0 saturated carbocycles. The monoisotopic (exact) mass is 283 g/mol. The fourth-order valence-electron chi connectivity index (χ4n) is 2.13. The largest absolute Gasteiger partial charge is 0.479 e. The second-order valence-electron chi connectivity index (χ2n) is 4.67. The molecule has 2 atom stereocenters. The lowest BCUT2D eigenvalue weighted by molar-refractivity contribution is -0.160. The molecule has 104 valence electrons. The Hall–Kier alpha value is -1.40. The van der Waals surface area contributed by atoms with Crippen molar-refractivity contribution in [3.63, 3.8) is 0 Å². The third-order valence-corrected chi connectivity index (χ3v) is 4.06. The molecule has 1 N–H and O–H groups in total. The molecule has 1 aliphatic rings. The van der Waals surface area contributed by atoms with E-state index in [4.69, 9.17) is 9.84 Å². The van der Waals surface area contributed by atoms with Gasteiger partial charge in [0.2, 0.25) is 5.91 Å². The van der Waals surface area contributed by atoms with Crippen molar-refractivity contribution in [1.29, 1.82) is 0 Å². The Labute approximate surface area is 115 Å². The number of aliphatic carboxylic acids is 1. The number of amides is 1. The van der Waals surface area contributed by atoms with Crippen molar-refractivity contribution in [2.75, 3.05) is 19.7 Å². The van der Waals surface area contributed by atoms with Crippen LogP contribution in [-0.4, -0.2) is 47.7 Å². The second-order valence-corrected chi connectivity index (χ2v) is 5.70. The Kier molecular flexibility index (Phi) is 4.55. The molecule has 19 heavy (non-hydrogen) atoms. The van der Waals surface area contributed by atoms with Gasteiger partial charge in [0.1, 0.15) is 0 Å². The minimum Gasteiger partial charge on any atom is -0.479 e. The van der Waals surface area contributed by atoms with E-state index in [1.54, 1.807) is 16.2 Å². The molecule has 5 nitrogen and oxygen atoms in total. The third kappa shape index (κ3) is 3.54. The first-order valence-corrected chi connectivity index (χ1v) is 7.11. The summed E-state index contributed by atoms with van der Waals surface area (Å²) in [6.07, 6.45) is -0.197. The maximum absolute atomic E-state index is 12.3. The fraction of sp³-hybridized carbons (Fsp3) is 0.538. The molecule has 6 heteroatoms. The SMILES string of the molecule is CC(Cc1cccs1)C(=O)N1CCOC(C(=O)O)C1. The van der Waals surface area contributed by atoms with Gasteiger partial charge in [-0.3, -0.25) is 4.79 Å². The quantitative estimate of drug-likeness (QED) is 0.903. The average molecular weight is 283 g/mol. The minimum atomic E-state index is -1.01. The Morgan fingerprint density at radius 1 is 1.63 bits per heavy atom. The van der Waals surface area contributed by atoms with Crippen molar-refractivity contribution in [3.8, 4) is 0 Å². The van der Waals surface area contributed by atoms with E-state index in [9.17, 15) is 9.59 Å². The van der Waals surface area contributed by atoms with Crippen molar-refractivity contribution in [3.05, 3.63) is 22.4 Å². The first-order chi connectivity index (χ1) is 9.08. The summed E-state index contributed by atoms with van der Waals surface area (Å²) in [5.74, 6) is -1.14. The number of carboxylic acid groups (broad SMARTS) is 1. The zero-order valence-electron chi connectivity index (χ0n) is 10.7. The molecular weight excluding hydrogens is 266 g/mol. The average Bonchev–Trinajstić information content (AvgIpc) is 2.90. The maximum Gasteiger partial charge on any atom is 0.334 e. The number of hydrogen-bond donors (Lipinski definition) is 1. The number of ether oxygens (including phenoxy) is 1. The zero-order valence-corrected chi connectivity index (χ0v) is 11.6. The maximum atomic E-state index is 12.3. The highest BCUT2D eigenvalue weighted by molar-refractivity contribution is 7.09. The molecular formula is C13H17NO4S. The summed E-state index contributed by atoms with van der Waals surface area (Å²) >= 11 is 1.63. The van der Waals surface area contributed by atoms with Crippen LogP contribution in [-0.2, 0) is 20.7 Å². The van der Waals surface area contributed by atoms with Gasteiger partial charge in [-0.15, -0.1) is 11.3 Å². The molecule has 0 aromatic carbocycles. The van der Waals surface area contributed by atoms with E-state index in [0.29, 0.717) is 13.0 Å². The second kappa shape index (κ2) is 6.16. The Morgan fingerprint density at radius 3 is 3.05 bits per heavy atom. The van der Waals surface area contributed by atoms with Crippen LogP contribution in [0.4, 0.5) is 0 Å². The lowest BCUT2D eigenvalue weighted by atomic mass is 10.0. The summed E-state index contributed by atoms with van der Waals surface area (Å²) in [4.78, 5) is 25.9. The van der Waals surface area contributed by atoms with Crippen molar-refractivity contribution in [1.82, 2.24) is 4.90 Å². The van der Waals surface area contributed by atoms with Crippen LogP contribution in [0.3, 0.4) is 0 Å². The lowest BCUT2D eigenvalue weighted by Crippen LogP contribution is -2.50. The number of thiophene rings is 1. The summed E-state index contributed by atoms with van der Waals surface area (Å²) in [6, 6.07) is 3.97. The number of carbonyl (C=O) groups is 2. The van der Waals surface area contributed by atoms with Crippen molar-refractivity contribution in [2.45, 2.75) is 19.4 Å². The van der Waals surface area contributed by atoms with E-state index in [0.717, 1.165) is 0 Å². The van der Waals surface area contributed by atoms with Gasteiger partial charge in [0, 0.05) is 17.3 Å². The number of rotatable bonds is 4. The molecule has 1 saturated heterocycles. The van der Waals surface area contributed by atoms with E-state index in [-0.39, 0.29) is 25.0 Å². The van der Waals surface area contributed by atoms with Crippen LogP contribution in [0, 0.1) is 5.92 Å². The number of carbonyl (C=O) groups excluding carboxylic acids is 1. The van der Waals surface area contributed by atoms with Crippen LogP contribution in [0.25, 0.3) is 0 Å². The van der Waals surface area contributed by atoms with Crippen LogP contribution in [0.15, 0.2) is 17.5 Å². The zero-order chi connectivity index (χ0) is 13.8. The summed E-state index contributed by atoms with van der Waals surface area (Å²) in [5, 5.41) is 10.9. The highest BCUT2D eigenvalue weighted by atomic mass is 32.1. The molecule has 1 aliphatic heterocycles. The standard InChI is InChI=1S/C13H17NO4S/c1-9(7-10-3-2-6-19-10)12(15)14-4-5-18-11(8-14)13(16)17/h2-3,6,9,11H,4-5,7-8H2,1H3,(H,16,17). The Balaban J connectivity index is 1.93. The summed E-state index contributed by atoms with van der Waals surface area (Å²) < 4.78 is 5.11. The molecule has 1 aromatic heterocycles. The van der Waals surface area contributed by atoms with Crippen LogP contribution in [0.1, 0.15) is 11.8 Å². The highest BCUT2D eigenvalue weighted by Gasteiger charge is 2.30. The Bertz CT molecular complexity index is 446. The first-order valence-electron chi connectivity index (χ1n) is 6.23. The van der Waals surface area contributed by atoms with E-state index in [2.05, 4.69) is 0 Å². The van der Waals surface area contributed by atoms with Crippen LogP contribution in [0.2, 0.25) is 0 Å². The van der Waals surface area contributed by atoms with Gasteiger partial charge >= 0.3 is 5.97 Å². The Morgan fingerprint density at radius 2 is 2.42 bits per heavy atom. The molecule has 1 aromatic rings. The van der Waals surface area contributed by atoms with Crippen molar-refractivity contribution < 1.29 is 19.4 Å². The van der Waals surface area contributed by atoms with Crippen LogP contribution < -0.4 is 0 Å². The normalized spacial score (nSPS) is 21.1. The predicted molar refractivity (Wildman–Crippen MR) is 71.1 cm³/mol. The smallest absolute Gasteiger partial charge is 0.334 e. The third-order valence-electron chi connectivity index (χ3n) is 3.16. The van der Waals surface area contributed by atoms with Crippen LogP contribution in [0.5, 0.6) is 0 Å². The topological polar surface area (TPSA) is 66.8 Å². The number of morpholine rings is 1. The van der Waals surface area contributed by atoms with E-state index in [1.165, 1.54) is 4.88 Å². The van der Waals surface area contributed by atoms with Crippen molar-refractivity contribution >= 4 is 23.2 Å². The highest BCUT2D eigenvalue weighted by Crippen LogP contribution is 2.17. The van der Waals surface area contributed by atoms with Crippen LogP contribution >= 0.6 is 11.3 Å². The minimum absolute atomic E-state index is 0.00273.